The number of ether oxygens (including phenoxy) is 7. The molecule has 3 aliphatic heterocycles. The van der Waals surface area contributed by atoms with E-state index in [4.69, 9.17) is 33.2 Å². The summed E-state index contributed by atoms with van der Waals surface area (Å²) in [4.78, 5) is 23.9. The normalized spacial score (nSPS) is 33.4. The fourth-order valence-electron chi connectivity index (χ4n) is 3.94. The lowest BCUT2D eigenvalue weighted by molar-refractivity contribution is -0.240. The molecular formula is C21H26O9. The molecule has 5 atom stereocenters. The highest BCUT2D eigenvalue weighted by Crippen LogP contribution is 2.44. The predicted octanol–water partition coefficient (Wildman–Crippen LogP) is 2.17. The molecule has 0 aromatic heterocycles. The molecule has 0 radical (unpaired) electrons. The van der Waals surface area contributed by atoms with Crippen molar-refractivity contribution in [1.29, 1.82) is 0 Å². The fraction of sp³-hybridized carbons (Fsp3) is 0.619. The van der Waals surface area contributed by atoms with E-state index in [1.807, 2.05) is 0 Å². The summed E-state index contributed by atoms with van der Waals surface area (Å²) >= 11 is 0. The highest BCUT2D eigenvalue weighted by molar-refractivity contribution is 5.93. The Morgan fingerprint density at radius 3 is 2.30 bits per heavy atom. The van der Waals surface area contributed by atoms with Gasteiger partial charge in [0.05, 0.1) is 0 Å². The predicted molar refractivity (Wildman–Crippen MR) is 101 cm³/mol. The van der Waals surface area contributed by atoms with Crippen molar-refractivity contribution in [2.24, 2.45) is 0 Å². The summed E-state index contributed by atoms with van der Waals surface area (Å²) in [7, 11) is 0. The van der Waals surface area contributed by atoms with E-state index < -0.39 is 54.2 Å². The summed E-state index contributed by atoms with van der Waals surface area (Å²) < 4.78 is 40.4. The van der Waals surface area contributed by atoms with E-state index in [1.54, 1.807) is 39.8 Å². The van der Waals surface area contributed by atoms with Crippen molar-refractivity contribution in [3.05, 3.63) is 29.8 Å². The molecule has 1 aromatic rings. The second-order valence-corrected chi connectivity index (χ2v) is 8.40. The number of hydrogen-bond donors (Lipinski definition) is 0. The SMILES string of the molecule is CC(=O)Oc1ccccc1C(=O)OCC1OC2OC(C)(C)OC2C2OC(C)(C)OC12. The Hall–Kier alpha value is -2.04. The lowest BCUT2D eigenvalue weighted by atomic mass is 9.99. The van der Waals surface area contributed by atoms with E-state index in [0.29, 0.717) is 0 Å². The van der Waals surface area contributed by atoms with Gasteiger partial charge in [-0.25, -0.2) is 4.79 Å². The third kappa shape index (κ3) is 4.21. The van der Waals surface area contributed by atoms with E-state index in [9.17, 15) is 9.59 Å². The van der Waals surface area contributed by atoms with E-state index in [2.05, 4.69) is 0 Å². The minimum Gasteiger partial charge on any atom is -0.459 e. The van der Waals surface area contributed by atoms with E-state index in [-0.39, 0.29) is 17.9 Å². The van der Waals surface area contributed by atoms with Crippen molar-refractivity contribution in [3.63, 3.8) is 0 Å². The lowest BCUT2D eigenvalue weighted by Gasteiger charge is -2.36. The Morgan fingerprint density at radius 1 is 0.933 bits per heavy atom. The van der Waals surface area contributed by atoms with Gasteiger partial charge in [0.1, 0.15) is 42.3 Å². The Labute approximate surface area is 174 Å². The third-order valence-corrected chi connectivity index (χ3v) is 4.99. The molecule has 9 heteroatoms. The first kappa shape index (κ1) is 21.2. The zero-order valence-corrected chi connectivity index (χ0v) is 17.6. The molecule has 0 spiro atoms. The third-order valence-electron chi connectivity index (χ3n) is 4.99. The van der Waals surface area contributed by atoms with Crippen LogP contribution in [0.5, 0.6) is 5.75 Å². The average molecular weight is 422 g/mol. The van der Waals surface area contributed by atoms with Crippen LogP contribution in [0.25, 0.3) is 0 Å². The zero-order valence-electron chi connectivity index (χ0n) is 17.6. The maximum Gasteiger partial charge on any atom is 0.342 e. The van der Waals surface area contributed by atoms with Crippen LogP contribution in [-0.4, -0.2) is 60.8 Å². The fourth-order valence-corrected chi connectivity index (χ4v) is 3.94. The molecule has 3 aliphatic rings. The number of para-hydroxylation sites is 1. The Balaban J connectivity index is 1.48. The van der Waals surface area contributed by atoms with Gasteiger partial charge in [-0.05, 0) is 39.8 Å². The standard InChI is InChI=1S/C21H26O9/c1-11(22)25-13-9-7-6-8-12(13)18(23)24-10-14-15-16(28-20(2,3)27-15)17-19(26-14)30-21(4,5)29-17/h6-9,14-17,19H,10H2,1-5H3. The van der Waals surface area contributed by atoms with Crippen LogP contribution < -0.4 is 4.74 Å². The van der Waals surface area contributed by atoms with Crippen LogP contribution in [0.1, 0.15) is 45.0 Å². The van der Waals surface area contributed by atoms with Gasteiger partial charge in [-0.15, -0.1) is 0 Å². The van der Waals surface area contributed by atoms with Crippen LogP contribution in [0.2, 0.25) is 0 Å². The van der Waals surface area contributed by atoms with Crippen LogP contribution in [0, 0.1) is 0 Å². The van der Waals surface area contributed by atoms with Gasteiger partial charge < -0.3 is 33.2 Å². The first-order valence-corrected chi connectivity index (χ1v) is 9.86. The molecule has 0 bridgehead atoms. The van der Waals surface area contributed by atoms with Crippen molar-refractivity contribution in [3.8, 4) is 5.75 Å². The van der Waals surface area contributed by atoms with Crippen molar-refractivity contribution in [2.75, 3.05) is 6.61 Å². The smallest absolute Gasteiger partial charge is 0.342 e. The van der Waals surface area contributed by atoms with Crippen LogP contribution in [0.15, 0.2) is 24.3 Å². The number of benzene rings is 1. The van der Waals surface area contributed by atoms with Gasteiger partial charge in [-0.3, -0.25) is 4.79 Å². The molecule has 0 saturated carbocycles. The summed E-state index contributed by atoms with van der Waals surface area (Å²) in [5.41, 5.74) is 0.142. The summed E-state index contributed by atoms with van der Waals surface area (Å²) in [5.74, 6) is -2.71. The van der Waals surface area contributed by atoms with Crippen molar-refractivity contribution in [2.45, 2.75) is 76.9 Å². The Morgan fingerprint density at radius 2 is 1.57 bits per heavy atom. The molecule has 0 amide bonds. The molecule has 0 aliphatic carbocycles. The van der Waals surface area contributed by atoms with Crippen molar-refractivity contribution >= 4 is 11.9 Å². The molecule has 9 nitrogen and oxygen atoms in total. The van der Waals surface area contributed by atoms with Gasteiger partial charge in [0.2, 0.25) is 0 Å². The summed E-state index contributed by atoms with van der Waals surface area (Å²) in [5, 5.41) is 0. The minimum atomic E-state index is -0.839. The van der Waals surface area contributed by atoms with Gasteiger partial charge in [0.25, 0.3) is 0 Å². The van der Waals surface area contributed by atoms with Crippen molar-refractivity contribution in [1.82, 2.24) is 0 Å². The minimum absolute atomic E-state index is 0.0964. The van der Waals surface area contributed by atoms with Gasteiger partial charge >= 0.3 is 11.9 Å². The van der Waals surface area contributed by atoms with Gasteiger partial charge in [-0.2, -0.15) is 0 Å². The molecule has 3 heterocycles. The summed E-state index contributed by atoms with van der Waals surface area (Å²) in [6, 6.07) is 6.37. The monoisotopic (exact) mass is 422 g/mol. The molecule has 30 heavy (non-hydrogen) atoms. The maximum absolute atomic E-state index is 12.6. The quantitative estimate of drug-likeness (QED) is 0.534. The van der Waals surface area contributed by atoms with E-state index in [0.717, 1.165) is 0 Å². The van der Waals surface area contributed by atoms with Gasteiger partial charge in [0, 0.05) is 6.92 Å². The molecular weight excluding hydrogens is 396 g/mol. The highest BCUT2D eigenvalue weighted by Gasteiger charge is 2.60. The molecule has 1 aromatic carbocycles. The van der Waals surface area contributed by atoms with Crippen LogP contribution in [-0.2, 0) is 33.2 Å². The first-order valence-electron chi connectivity index (χ1n) is 9.86. The highest BCUT2D eigenvalue weighted by atomic mass is 16.9. The molecule has 0 N–H and O–H groups in total. The largest absolute Gasteiger partial charge is 0.459 e. The number of carbonyl (C=O) groups is 2. The maximum atomic E-state index is 12.6. The molecule has 5 unspecified atom stereocenters. The van der Waals surface area contributed by atoms with Crippen LogP contribution in [0.3, 0.4) is 0 Å². The van der Waals surface area contributed by atoms with Crippen LogP contribution >= 0.6 is 0 Å². The second-order valence-electron chi connectivity index (χ2n) is 8.40. The average Bonchev–Trinajstić information content (AvgIpc) is 3.13. The number of hydrogen-bond acceptors (Lipinski definition) is 9. The van der Waals surface area contributed by atoms with E-state index >= 15 is 0 Å². The van der Waals surface area contributed by atoms with Crippen LogP contribution in [0.4, 0.5) is 0 Å². The van der Waals surface area contributed by atoms with Gasteiger partial charge in [-0.1, -0.05) is 12.1 Å². The van der Waals surface area contributed by atoms with Crippen molar-refractivity contribution < 1.29 is 42.7 Å². The molecule has 4 rings (SSSR count). The number of rotatable bonds is 4. The van der Waals surface area contributed by atoms with Gasteiger partial charge in [0.15, 0.2) is 17.9 Å². The Bertz CT molecular complexity index is 834. The first-order chi connectivity index (χ1) is 14.0. The zero-order chi connectivity index (χ0) is 21.7. The summed E-state index contributed by atoms with van der Waals surface area (Å²) in [6.07, 6.45) is -2.69. The number of esters is 2. The summed E-state index contributed by atoms with van der Waals surface area (Å²) in [6.45, 7) is 8.37. The Kier molecular flexibility index (Phi) is 5.36. The topological polar surface area (TPSA) is 98.8 Å². The van der Waals surface area contributed by atoms with E-state index in [1.165, 1.54) is 19.1 Å². The molecule has 3 saturated heterocycles. The number of carbonyl (C=O) groups excluding carboxylic acids is 2. The molecule has 164 valence electrons. The number of fused-ring (bicyclic) bond motifs is 3. The lowest BCUT2D eigenvalue weighted by Crippen LogP contribution is -2.56. The second kappa shape index (κ2) is 7.58. The molecule has 3 fully saturated rings.